The van der Waals surface area contributed by atoms with Crippen LogP contribution < -0.4 is 0 Å². The standard InChI is InChI=1S/C36H29F11/c1-2-3-4-5-6-7-27(37)35(44)22-10-13-24(29(39)17-22)21-9-12-25(28(38)16-21)23-18-30(40)26(31(41)19-23)11-8-20-14-32(42)34(33(43)15-20)36(45,46)47/h9-10,12-19H,2-8,11H2,1H3. The van der Waals surface area contributed by atoms with Gasteiger partial charge in [0.15, 0.2) is 5.83 Å². The van der Waals surface area contributed by atoms with Gasteiger partial charge in [-0.25, -0.2) is 35.1 Å². The second kappa shape index (κ2) is 15.2. The summed E-state index contributed by atoms with van der Waals surface area (Å²) >= 11 is 0. The molecule has 0 aliphatic rings. The molecule has 0 spiro atoms. The topological polar surface area (TPSA) is 0 Å². The van der Waals surface area contributed by atoms with E-state index in [1.54, 1.807) is 0 Å². The summed E-state index contributed by atoms with van der Waals surface area (Å²) in [5, 5.41) is 0. The molecule has 47 heavy (non-hydrogen) atoms. The van der Waals surface area contributed by atoms with Gasteiger partial charge in [0.1, 0.15) is 46.3 Å². The van der Waals surface area contributed by atoms with Gasteiger partial charge in [0, 0.05) is 28.7 Å². The molecule has 11 heteroatoms. The number of hydrogen-bond donors (Lipinski definition) is 0. The average molecular weight is 671 g/mol. The molecule has 4 aromatic carbocycles. The molecule has 250 valence electrons. The van der Waals surface area contributed by atoms with Crippen LogP contribution in [0.2, 0.25) is 0 Å². The van der Waals surface area contributed by atoms with E-state index in [1.807, 2.05) is 6.92 Å². The molecule has 0 saturated heterocycles. The van der Waals surface area contributed by atoms with Crippen LogP contribution in [0.5, 0.6) is 0 Å². The van der Waals surface area contributed by atoms with Gasteiger partial charge in [0.25, 0.3) is 0 Å². The third-order valence-corrected chi connectivity index (χ3v) is 7.74. The summed E-state index contributed by atoms with van der Waals surface area (Å²) < 4.78 is 155. The summed E-state index contributed by atoms with van der Waals surface area (Å²) in [4.78, 5) is 0. The average Bonchev–Trinajstić information content (AvgIpc) is 2.98. The maximum Gasteiger partial charge on any atom is 0.422 e. The van der Waals surface area contributed by atoms with Crippen molar-refractivity contribution in [2.45, 2.75) is 64.5 Å². The largest absolute Gasteiger partial charge is 0.422 e. The molecule has 0 aromatic heterocycles. The first-order chi connectivity index (χ1) is 22.2. The van der Waals surface area contributed by atoms with E-state index < -0.39 is 76.7 Å². The van der Waals surface area contributed by atoms with E-state index in [9.17, 15) is 43.9 Å². The molecule has 0 nitrogen and oxygen atoms in total. The highest BCUT2D eigenvalue weighted by Crippen LogP contribution is 2.36. The highest BCUT2D eigenvalue weighted by Gasteiger charge is 2.37. The fraction of sp³-hybridized carbons (Fsp3) is 0.278. The minimum atomic E-state index is -5.27. The molecule has 0 unspecified atom stereocenters. The van der Waals surface area contributed by atoms with Crippen LogP contribution in [0.1, 0.15) is 67.7 Å². The van der Waals surface area contributed by atoms with Gasteiger partial charge >= 0.3 is 6.18 Å². The van der Waals surface area contributed by atoms with Gasteiger partial charge < -0.3 is 0 Å². The molecular weight excluding hydrogens is 641 g/mol. The Bertz CT molecular complexity index is 1720. The Labute approximate surface area is 264 Å². The molecule has 0 bridgehead atoms. The molecule has 0 aliphatic heterocycles. The van der Waals surface area contributed by atoms with Gasteiger partial charge in [-0.1, -0.05) is 56.9 Å². The van der Waals surface area contributed by atoms with Crippen molar-refractivity contribution in [3.63, 3.8) is 0 Å². The first-order valence-electron chi connectivity index (χ1n) is 14.9. The molecule has 0 fully saturated rings. The van der Waals surface area contributed by atoms with Crippen LogP contribution in [0.15, 0.2) is 66.5 Å². The van der Waals surface area contributed by atoms with Gasteiger partial charge in [-0.05, 0) is 72.4 Å². The third-order valence-electron chi connectivity index (χ3n) is 7.74. The maximum atomic E-state index is 15.2. The Kier molecular flexibility index (Phi) is 11.5. The lowest BCUT2D eigenvalue weighted by atomic mass is 9.96. The monoisotopic (exact) mass is 670 g/mol. The molecule has 0 radical (unpaired) electrons. The third kappa shape index (κ3) is 8.61. The molecule has 0 amide bonds. The van der Waals surface area contributed by atoms with Gasteiger partial charge in [0.05, 0.1) is 0 Å². The van der Waals surface area contributed by atoms with Crippen molar-refractivity contribution in [2.24, 2.45) is 0 Å². The SMILES string of the molecule is CCCCCCCC(F)=C(F)c1ccc(-c2ccc(-c3cc(F)c(CCc4cc(F)c(C(F)(F)F)c(F)c4)c(F)c3)c(F)c2)c(F)c1. The quantitative estimate of drug-likeness (QED) is 0.104. The minimum absolute atomic E-state index is 0.0182. The number of halogens is 11. The summed E-state index contributed by atoms with van der Waals surface area (Å²) in [5.41, 5.74) is -3.78. The van der Waals surface area contributed by atoms with Crippen molar-refractivity contribution < 1.29 is 48.3 Å². The van der Waals surface area contributed by atoms with E-state index in [0.717, 1.165) is 68.1 Å². The minimum Gasteiger partial charge on any atom is -0.209 e. The summed E-state index contributed by atoms with van der Waals surface area (Å²) in [6.45, 7) is 2.03. The molecular formula is C36H29F11. The molecule has 4 aromatic rings. The van der Waals surface area contributed by atoms with Crippen molar-refractivity contribution in [1.82, 2.24) is 0 Å². The molecule has 0 atom stereocenters. The maximum absolute atomic E-state index is 15.2. The summed E-state index contributed by atoms with van der Waals surface area (Å²) in [5.74, 6) is -10.1. The number of rotatable bonds is 12. The number of benzene rings is 4. The first-order valence-corrected chi connectivity index (χ1v) is 14.9. The Morgan fingerprint density at radius 3 is 1.70 bits per heavy atom. The predicted octanol–water partition coefficient (Wildman–Crippen LogP) is 12.6. The molecule has 0 aliphatic carbocycles. The fourth-order valence-corrected chi connectivity index (χ4v) is 5.26. The first kappa shape index (κ1) is 35.7. The number of allylic oxidation sites excluding steroid dienone is 1. The van der Waals surface area contributed by atoms with Crippen molar-refractivity contribution in [3.8, 4) is 22.3 Å². The van der Waals surface area contributed by atoms with Crippen LogP contribution in [-0.2, 0) is 19.0 Å². The van der Waals surface area contributed by atoms with E-state index in [0.29, 0.717) is 18.6 Å². The Morgan fingerprint density at radius 1 is 0.574 bits per heavy atom. The van der Waals surface area contributed by atoms with Gasteiger partial charge in [0.2, 0.25) is 0 Å². The summed E-state index contributed by atoms with van der Waals surface area (Å²) in [7, 11) is 0. The van der Waals surface area contributed by atoms with Gasteiger partial charge in [-0.15, -0.1) is 0 Å². The highest BCUT2D eigenvalue weighted by molar-refractivity contribution is 5.73. The van der Waals surface area contributed by atoms with E-state index in [4.69, 9.17) is 0 Å². The lowest BCUT2D eigenvalue weighted by molar-refractivity contribution is -0.142. The van der Waals surface area contributed by atoms with Gasteiger partial charge in [-0.3, -0.25) is 0 Å². The molecule has 0 saturated carbocycles. The van der Waals surface area contributed by atoms with Crippen LogP contribution in [0, 0.1) is 34.9 Å². The Balaban J connectivity index is 1.50. The normalized spacial score (nSPS) is 12.4. The zero-order chi connectivity index (χ0) is 34.5. The Morgan fingerprint density at radius 2 is 1.13 bits per heavy atom. The van der Waals surface area contributed by atoms with Crippen molar-refractivity contribution in [2.75, 3.05) is 0 Å². The van der Waals surface area contributed by atoms with E-state index in [2.05, 4.69) is 0 Å². The van der Waals surface area contributed by atoms with Crippen LogP contribution in [0.4, 0.5) is 48.3 Å². The van der Waals surface area contributed by atoms with Crippen LogP contribution in [-0.4, -0.2) is 0 Å². The lowest BCUT2D eigenvalue weighted by Gasteiger charge is -2.13. The fourth-order valence-electron chi connectivity index (χ4n) is 5.26. The smallest absolute Gasteiger partial charge is 0.209 e. The number of hydrogen-bond acceptors (Lipinski definition) is 0. The number of aryl methyl sites for hydroxylation is 1. The second-order valence-corrected chi connectivity index (χ2v) is 11.1. The lowest BCUT2D eigenvalue weighted by Crippen LogP contribution is -2.12. The molecule has 4 rings (SSSR count). The van der Waals surface area contributed by atoms with Crippen molar-refractivity contribution in [3.05, 3.63) is 124 Å². The van der Waals surface area contributed by atoms with Gasteiger partial charge in [-0.2, -0.15) is 13.2 Å². The van der Waals surface area contributed by atoms with Crippen molar-refractivity contribution >= 4 is 5.83 Å². The van der Waals surface area contributed by atoms with E-state index in [-0.39, 0.29) is 39.8 Å². The zero-order valence-electron chi connectivity index (χ0n) is 25.1. The number of unbranched alkanes of at least 4 members (excludes halogenated alkanes) is 4. The summed E-state index contributed by atoms with van der Waals surface area (Å²) in [6.07, 6.45) is -2.17. The van der Waals surface area contributed by atoms with Crippen molar-refractivity contribution in [1.29, 1.82) is 0 Å². The predicted molar refractivity (Wildman–Crippen MR) is 158 cm³/mol. The van der Waals surface area contributed by atoms with E-state index in [1.165, 1.54) is 6.07 Å². The van der Waals surface area contributed by atoms with Crippen LogP contribution in [0.3, 0.4) is 0 Å². The number of alkyl halides is 3. The van der Waals surface area contributed by atoms with Crippen LogP contribution in [0.25, 0.3) is 28.1 Å². The summed E-state index contributed by atoms with van der Waals surface area (Å²) in [6, 6.07) is 8.95. The van der Waals surface area contributed by atoms with E-state index >= 15 is 4.39 Å². The Hall–Kier alpha value is -4.15. The molecule has 0 N–H and O–H groups in total. The highest BCUT2D eigenvalue weighted by atomic mass is 19.4. The zero-order valence-corrected chi connectivity index (χ0v) is 25.1. The van der Waals surface area contributed by atoms with Crippen LogP contribution >= 0.6 is 0 Å². The second-order valence-electron chi connectivity index (χ2n) is 11.1. The molecule has 0 heterocycles.